The van der Waals surface area contributed by atoms with E-state index in [1.807, 2.05) is 30.6 Å². The number of rotatable bonds is 0. The number of aromatic nitrogens is 1. The molecule has 90 valence electrons. The van der Waals surface area contributed by atoms with Crippen LogP contribution in [-0.2, 0) is 4.74 Å². The molecule has 1 aromatic carbocycles. The van der Waals surface area contributed by atoms with Crippen molar-refractivity contribution < 1.29 is 4.74 Å². The molecule has 0 atom stereocenters. The summed E-state index contributed by atoms with van der Waals surface area (Å²) in [7, 11) is 2.11. The zero-order valence-electron chi connectivity index (χ0n) is 10.2. The number of hydrogen-bond acceptors (Lipinski definition) is 3. The molecule has 0 unspecified atom stereocenters. The largest absolute Gasteiger partial charge is 0.379 e. The van der Waals surface area contributed by atoms with Gasteiger partial charge in [0.1, 0.15) is 0 Å². The van der Waals surface area contributed by atoms with Gasteiger partial charge in [0.25, 0.3) is 0 Å². The molecule has 0 spiro atoms. The summed E-state index contributed by atoms with van der Waals surface area (Å²) < 4.78 is 5.10. The fourth-order valence-corrected chi connectivity index (χ4v) is 1.68. The van der Waals surface area contributed by atoms with E-state index in [-0.39, 0.29) is 0 Å². The van der Waals surface area contributed by atoms with Crippen molar-refractivity contribution in [2.45, 2.75) is 0 Å². The second kappa shape index (κ2) is 6.33. The Balaban J connectivity index is 0.000000136. The summed E-state index contributed by atoms with van der Waals surface area (Å²) in [5.74, 6) is 0. The molecule has 1 fully saturated rings. The summed E-state index contributed by atoms with van der Waals surface area (Å²) >= 11 is 0. The Morgan fingerprint density at radius 3 is 2.35 bits per heavy atom. The molecule has 17 heavy (non-hydrogen) atoms. The fraction of sp³-hybridized carbons (Fsp3) is 0.357. The van der Waals surface area contributed by atoms with Gasteiger partial charge in [-0.1, -0.05) is 24.3 Å². The van der Waals surface area contributed by atoms with Gasteiger partial charge in [0.15, 0.2) is 0 Å². The van der Waals surface area contributed by atoms with Crippen LogP contribution in [0, 0.1) is 0 Å². The van der Waals surface area contributed by atoms with Gasteiger partial charge < -0.3 is 9.64 Å². The molecule has 3 rings (SSSR count). The van der Waals surface area contributed by atoms with Gasteiger partial charge in [-0.05, 0) is 23.9 Å². The number of nitrogens with zero attached hydrogens (tertiary/aromatic N) is 2. The minimum Gasteiger partial charge on any atom is -0.379 e. The van der Waals surface area contributed by atoms with Crippen LogP contribution < -0.4 is 0 Å². The summed E-state index contributed by atoms with van der Waals surface area (Å²) in [5, 5.41) is 2.45. The van der Waals surface area contributed by atoms with E-state index in [2.05, 4.69) is 29.1 Å². The Bertz CT molecular complexity index is 387. The van der Waals surface area contributed by atoms with Crippen LogP contribution in [0.4, 0.5) is 0 Å². The number of fused-ring (bicyclic) bond motifs is 1. The molecular formula is C14H18N2O. The molecule has 1 aliphatic heterocycles. The Morgan fingerprint density at radius 2 is 1.76 bits per heavy atom. The normalized spacial score (nSPS) is 16.3. The molecular weight excluding hydrogens is 212 g/mol. The van der Waals surface area contributed by atoms with Crippen LogP contribution in [0.2, 0.25) is 0 Å². The van der Waals surface area contributed by atoms with Gasteiger partial charge in [0, 0.05) is 25.5 Å². The third-order valence-electron chi connectivity index (χ3n) is 2.78. The number of hydrogen-bond donors (Lipinski definition) is 0. The van der Waals surface area contributed by atoms with Gasteiger partial charge in [0.2, 0.25) is 0 Å². The van der Waals surface area contributed by atoms with E-state index in [4.69, 9.17) is 4.74 Å². The maximum atomic E-state index is 5.10. The highest BCUT2D eigenvalue weighted by Crippen LogP contribution is 2.09. The molecule has 0 saturated carbocycles. The minimum absolute atomic E-state index is 0.913. The maximum absolute atomic E-state index is 5.10. The lowest BCUT2D eigenvalue weighted by Gasteiger charge is -2.21. The first-order valence-electron chi connectivity index (χ1n) is 5.91. The van der Waals surface area contributed by atoms with Gasteiger partial charge >= 0.3 is 0 Å². The number of likely N-dealkylation sites (N-methyl/N-ethyl adjacent to an activating group) is 1. The number of morpholine rings is 1. The van der Waals surface area contributed by atoms with Crippen molar-refractivity contribution in [1.82, 2.24) is 9.88 Å². The van der Waals surface area contributed by atoms with Gasteiger partial charge in [-0.25, -0.2) is 0 Å². The van der Waals surface area contributed by atoms with E-state index in [1.54, 1.807) is 0 Å². The van der Waals surface area contributed by atoms with E-state index in [0.29, 0.717) is 0 Å². The monoisotopic (exact) mass is 230 g/mol. The van der Waals surface area contributed by atoms with Crippen molar-refractivity contribution in [3.8, 4) is 0 Å². The Hall–Kier alpha value is -1.45. The number of benzene rings is 1. The van der Waals surface area contributed by atoms with Crippen molar-refractivity contribution in [3.05, 3.63) is 42.7 Å². The molecule has 0 N–H and O–H groups in total. The third-order valence-corrected chi connectivity index (χ3v) is 2.78. The van der Waals surface area contributed by atoms with E-state index >= 15 is 0 Å². The van der Waals surface area contributed by atoms with E-state index in [1.165, 1.54) is 10.8 Å². The lowest BCUT2D eigenvalue weighted by Crippen LogP contribution is -2.32. The fourth-order valence-electron chi connectivity index (χ4n) is 1.68. The minimum atomic E-state index is 0.913. The van der Waals surface area contributed by atoms with Crippen molar-refractivity contribution in [2.24, 2.45) is 0 Å². The summed E-state index contributed by atoms with van der Waals surface area (Å²) in [6.45, 7) is 4.02. The number of ether oxygens (including phenoxy) is 1. The molecule has 2 heterocycles. The van der Waals surface area contributed by atoms with E-state index in [0.717, 1.165) is 26.3 Å². The quantitative estimate of drug-likeness (QED) is 0.693. The molecule has 0 amide bonds. The van der Waals surface area contributed by atoms with Crippen LogP contribution >= 0.6 is 0 Å². The lowest BCUT2D eigenvalue weighted by atomic mass is 10.2. The highest BCUT2D eigenvalue weighted by Gasteiger charge is 2.02. The predicted octanol–water partition coefficient (Wildman–Crippen LogP) is 2.18. The van der Waals surface area contributed by atoms with Gasteiger partial charge in [-0.3, -0.25) is 4.98 Å². The van der Waals surface area contributed by atoms with E-state index < -0.39 is 0 Å². The molecule has 0 bridgehead atoms. The predicted molar refractivity (Wildman–Crippen MR) is 70.1 cm³/mol. The van der Waals surface area contributed by atoms with Crippen LogP contribution in [0.15, 0.2) is 42.7 Å². The molecule has 0 aliphatic carbocycles. The van der Waals surface area contributed by atoms with Crippen LogP contribution in [0.25, 0.3) is 10.8 Å². The average Bonchev–Trinajstić information content (AvgIpc) is 2.41. The van der Waals surface area contributed by atoms with Crippen molar-refractivity contribution >= 4 is 10.8 Å². The van der Waals surface area contributed by atoms with Crippen LogP contribution in [0.5, 0.6) is 0 Å². The molecule has 0 radical (unpaired) electrons. The smallest absolute Gasteiger partial charge is 0.0594 e. The summed E-state index contributed by atoms with van der Waals surface area (Å²) in [6, 6.07) is 10.2. The first kappa shape index (κ1) is 12.0. The highest BCUT2D eigenvalue weighted by molar-refractivity contribution is 5.80. The van der Waals surface area contributed by atoms with Gasteiger partial charge in [-0.15, -0.1) is 0 Å². The standard InChI is InChI=1S/C9H7N.C5H11NO/c1-2-4-9-7-10-6-5-8(9)3-1;1-6-2-4-7-5-3-6/h1-7H;2-5H2,1H3. The maximum Gasteiger partial charge on any atom is 0.0594 e. The van der Waals surface area contributed by atoms with Crippen molar-refractivity contribution in [2.75, 3.05) is 33.4 Å². The van der Waals surface area contributed by atoms with Gasteiger partial charge in [-0.2, -0.15) is 0 Å². The van der Waals surface area contributed by atoms with Crippen molar-refractivity contribution in [3.63, 3.8) is 0 Å². The molecule has 3 nitrogen and oxygen atoms in total. The first-order valence-corrected chi connectivity index (χ1v) is 5.91. The summed E-state index contributed by atoms with van der Waals surface area (Å²) in [5.41, 5.74) is 0. The Labute approximate surface area is 102 Å². The molecule has 3 heteroatoms. The Kier molecular flexibility index (Phi) is 4.47. The van der Waals surface area contributed by atoms with Crippen LogP contribution in [0.3, 0.4) is 0 Å². The first-order chi connectivity index (χ1) is 8.36. The highest BCUT2D eigenvalue weighted by atomic mass is 16.5. The lowest BCUT2D eigenvalue weighted by molar-refractivity contribution is 0.0503. The van der Waals surface area contributed by atoms with Crippen molar-refractivity contribution in [1.29, 1.82) is 0 Å². The van der Waals surface area contributed by atoms with E-state index in [9.17, 15) is 0 Å². The molecule has 1 aliphatic rings. The topological polar surface area (TPSA) is 25.4 Å². The zero-order chi connectivity index (χ0) is 11.9. The average molecular weight is 230 g/mol. The van der Waals surface area contributed by atoms with Crippen LogP contribution in [0.1, 0.15) is 0 Å². The SMILES string of the molecule is CN1CCOCC1.c1ccc2cnccc2c1. The second-order valence-corrected chi connectivity index (χ2v) is 4.14. The second-order valence-electron chi connectivity index (χ2n) is 4.14. The van der Waals surface area contributed by atoms with Crippen LogP contribution in [-0.4, -0.2) is 43.2 Å². The summed E-state index contributed by atoms with van der Waals surface area (Å²) in [4.78, 5) is 6.28. The summed E-state index contributed by atoms with van der Waals surface area (Å²) in [6.07, 6.45) is 3.68. The molecule has 1 aromatic heterocycles. The zero-order valence-corrected chi connectivity index (χ0v) is 10.2. The molecule has 1 saturated heterocycles. The molecule has 2 aromatic rings. The third kappa shape index (κ3) is 3.80. The van der Waals surface area contributed by atoms with Gasteiger partial charge in [0.05, 0.1) is 13.2 Å². The Morgan fingerprint density at radius 1 is 1.06 bits per heavy atom. The number of pyridine rings is 1.